The Labute approximate surface area is 122 Å². The van der Waals surface area contributed by atoms with Gasteiger partial charge in [-0.1, -0.05) is 23.2 Å². The second kappa shape index (κ2) is 6.02. The Kier molecular flexibility index (Phi) is 4.58. The van der Waals surface area contributed by atoms with Gasteiger partial charge in [-0.05, 0) is 42.9 Å². The summed E-state index contributed by atoms with van der Waals surface area (Å²) in [7, 11) is 3.02. The number of ether oxygens (including phenoxy) is 2. The number of esters is 1. The van der Waals surface area contributed by atoms with Crippen molar-refractivity contribution in [3.05, 3.63) is 27.7 Å². The Bertz CT molecular complexity index is 488. The maximum atomic E-state index is 11.3. The smallest absolute Gasteiger partial charge is 0.308 e. The predicted octanol–water partition coefficient (Wildman–Crippen LogP) is 3.74. The van der Waals surface area contributed by atoms with E-state index in [1.54, 1.807) is 13.2 Å². The van der Waals surface area contributed by atoms with Crippen molar-refractivity contribution in [3.8, 4) is 5.75 Å². The Morgan fingerprint density at radius 3 is 2.74 bits per heavy atom. The first-order valence-electron chi connectivity index (χ1n) is 6.16. The molecule has 0 aliphatic heterocycles. The fourth-order valence-corrected chi connectivity index (χ4v) is 2.99. The minimum absolute atomic E-state index is 0.0608. The van der Waals surface area contributed by atoms with E-state index in [9.17, 15) is 4.79 Å². The lowest BCUT2D eigenvalue weighted by molar-refractivity contribution is -0.142. The van der Waals surface area contributed by atoms with Gasteiger partial charge in [0.2, 0.25) is 0 Å². The first-order valence-corrected chi connectivity index (χ1v) is 6.92. The first-order chi connectivity index (χ1) is 9.06. The molecule has 2 unspecified atom stereocenters. The molecule has 2 rings (SSSR count). The zero-order chi connectivity index (χ0) is 14.0. The van der Waals surface area contributed by atoms with E-state index in [0.29, 0.717) is 21.7 Å². The van der Waals surface area contributed by atoms with Crippen LogP contribution in [0.3, 0.4) is 0 Å². The highest BCUT2D eigenvalue weighted by Crippen LogP contribution is 2.44. The van der Waals surface area contributed by atoms with Gasteiger partial charge in [-0.2, -0.15) is 0 Å². The molecule has 1 aliphatic rings. The van der Waals surface area contributed by atoms with E-state index >= 15 is 0 Å². The molecule has 19 heavy (non-hydrogen) atoms. The molecule has 104 valence electrons. The van der Waals surface area contributed by atoms with E-state index in [2.05, 4.69) is 0 Å². The summed E-state index contributed by atoms with van der Waals surface area (Å²) in [5.41, 5.74) is 0.982. The summed E-state index contributed by atoms with van der Waals surface area (Å²) >= 11 is 12.1. The number of hydrogen-bond acceptors (Lipinski definition) is 3. The third-order valence-corrected chi connectivity index (χ3v) is 4.00. The monoisotopic (exact) mass is 302 g/mol. The van der Waals surface area contributed by atoms with Gasteiger partial charge in [-0.25, -0.2) is 0 Å². The summed E-state index contributed by atoms with van der Waals surface area (Å²) in [4.78, 5) is 11.3. The van der Waals surface area contributed by atoms with Crippen LogP contribution in [0.25, 0.3) is 0 Å². The third-order valence-electron chi connectivity index (χ3n) is 3.50. The molecule has 5 heteroatoms. The van der Waals surface area contributed by atoms with Crippen molar-refractivity contribution < 1.29 is 14.3 Å². The maximum absolute atomic E-state index is 11.3. The van der Waals surface area contributed by atoms with Crippen molar-refractivity contribution in [2.45, 2.75) is 19.3 Å². The van der Waals surface area contributed by atoms with Gasteiger partial charge in [0, 0.05) is 5.02 Å². The number of rotatable bonds is 5. The second-order valence-electron chi connectivity index (χ2n) is 4.74. The summed E-state index contributed by atoms with van der Waals surface area (Å²) in [6.45, 7) is 0. The largest absolute Gasteiger partial charge is 0.495 e. The van der Waals surface area contributed by atoms with Gasteiger partial charge in [0.05, 0.1) is 25.2 Å². The van der Waals surface area contributed by atoms with Crippen LogP contribution in [0.2, 0.25) is 10.0 Å². The molecule has 1 aromatic rings. The van der Waals surface area contributed by atoms with Gasteiger partial charge >= 0.3 is 5.97 Å². The topological polar surface area (TPSA) is 35.5 Å². The fourth-order valence-electron chi connectivity index (χ4n) is 2.38. The number of benzene rings is 1. The van der Waals surface area contributed by atoms with Gasteiger partial charge in [-0.3, -0.25) is 4.79 Å². The molecule has 2 atom stereocenters. The number of carbonyl (C=O) groups is 1. The summed E-state index contributed by atoms with van der Waals surface area (Å²) in [5.74, 6) is 1.02. The SMILES string of the molecule is COC(=O)C1CC1CCc1cc(Cl)cc(Cl)c1OC. The third kappa shape index (κ3) is 3.34. The minimum atomic E-state index is -0.110. The van der Waals surface area contributed by atoms with E-state index in [-0.39, 0.29) is 11.9 Å². The average molecular weight is 303 g/mol. The van der Waals surface area contributed by atoms with Crippen molar-refractivity contribution in [1.82, 2.24) is 0 Å². The van der Waals surface area contributed by atoms with E-state index in [1.807, 2.05) is 6.07 Å². The van der Waals surface area contributed by atoms with Crippen LogP contribution in [0.15, 0.2) is 12.1 Å². The highest BCUT2D eigenvalue weighted by Gasteiger charge is 2.43. The van der Waals surface area contributed by atoms with Crippen LogP contribution in [-0.2, 0) is 16.0 Å². The molecular weight excluding hydrogens is 287 g/mol. The second-order valence-corrected chi connectivity index (χ2v) is 5.59. The number of hydrogen-bond donors (Lipinski definition) is 0. The van der Waals surface area contributed by atoms with Gasteiger partial charge in [0.15, 0.2) is 0 Å². The summed E-state index contributed by atoms with van der Waals surface area (Å²) in [6, 6.07) is 3.53. The Balaban J connectivity index is 1.99. The van der Waals surface area contributed by atoms with Gasteiger partial charge in [0.1, 0.15) is 5.75 Å². The highest BCUT2D eigenvalue weighted by molar-refractivity contribution is 6.35. The van der Waals surface area contributed by atoms with Crippen LogP contribution >= 0.6 is 23.2 Å². The summed E-state index contributed by atoms with van der Waals surface area (Å²) in [5, 5.41) is 1.12. The van der Waals surface area contributed by atoms with Crippen molar-refractivity contribution in [2.24, 2.45) is 11.8 Å². The molecule has 1 fully saturated rings. The lowest BCUT2D eigenvalue weighted by atomic mass is 10.1. The number of aryl methyl sites for hydroxylation is 1. The lowest BCUT2D eigenvalue weighted by Gasteiger charge is -2.10. The van der Waals surface area contributed by atoms with Crippen LogP contribution in [-0.4, -0.2) is 20.2 Å². The predicted molar refractivity (Wildman–Crippen MR) is 74.9 cm³/mol. The fraction of sp³-hybridized carbons (Fsp3) is 0.500. The first kappa shape index (κ1) is 14.5. The lowest BCUT2D eigenvalue weighted by Crippen LogP contribution is -2.05. The van der Waals surface area contributed by atoms with Crippen molar-refractivity contribution in [1.29, 1.82) is 0 Å². The zero-order valence-electron chi connectivity index (χ0n) is 10.9. The van der Waals surface area contributed by atoms with Crippen molar-refractivity contribution in [2.75, 3.05) is 14.2 Å². The van der Waals surface area contributed by atoms with Crippen molar-refractivity contribution in [3.63, 3.8) is 0 Å². The average Bonchev–Trinajstić information content (AvgIpc) is 3.14. The number of carbonyl (C=O) groups excluding carboxylic acids is 1. The molecule has 0 radical (unpaired) electrons. The summed E-state index contributed by atoms with van der Waals surface area (Å²) < 4.78 is 10.0. The Hall–Kier alpha value is -0.930. The molecule has 1 aromatic carbocycles. The van der Waals surface area contributed by atoms with E-state index in [0.717, 1.165) is 24.8 Å². The van der Waals surface area contributed by atoms with Crippen LogP contribution < -0.4 is 4.74 Å². The van der Waals surface area contributed by atoms with Crippen LogP contribution in [0, 0.1) is 11.8 Å². The standard InChI is InChI=1S/C14H16Cl2O3/c1-18-13-9(5-10(15)7-12(13)16)4-3-8-6-11(8)14(17)19-2/h5,7-8,11H,3-4,6H2,1-2H3. The van der Waals surface area contributed by atoms with Gasteiger partial charge < -0.3 is 9.47 Å². The molecule has 0 saturated heterocycles. The van der Waals surface area contributed by atoms with Crippen LogP contribution in [0.4, 0.5) is 0 Å². The Morgan fingerprint density at radius 2 is 2.11 bits per heavy atom. The van der Waals surface area contributed by atoms with Crippen molar-refractivity contribution >= 4 is 29.2 Å². The molecule has 3 nitrogen and oxygen atoms in total. The Morgan fingerprint density at radius 1 is 1.37 bits per heavy atom. The van der Waals surface area contributed by atoms with Gasteiger partial charge in [0.25, 0.3) is 0 Å². The molecular formula is C14H16Cl2O3. The van der Waals surface area contributed by atoms with E-state index < -0.39 is 0 Å². The quantitative estimate of drug-likeness (QED) is 0.777. The maximum Gasteiger partial charge on any atom is 0.308 e. The molecule has 0 heterocycles. The molecule has 0 N–H and O–H groups in total. The molecule has 0 amide bonds. The van der Waals surface area contributed by atoms with Crippen LogP contribution in [0.5, 0.6) is 5.75 Å². The summed E-state index contributed by atoms with van der Waals surface area (Å²) in [6.07, 6.45) is 2.61. The number of methoxy groups -OCH3 is 2. The normalized spacial score (nSPS) is 21.1. The molecule has 0 aromatic heterocycles. The number of halogens is 2. The van der Waals surface area contributed by atoms with E-state index in [4.69, 9.17) is 32.7 Å². The van der Waals surface area contributed by atoms with E-state index in [1.165, 1.54) is 7.11 Å². The molecule has 1 aliphatic carbocycles. The van der Waals surface area contributed by atoms with Crippen LogP contribution in [0.1, 0.15) is 18.4 Å². The minimum Gasteiger partial charge on any atom is -0.495 e. The van der Waals surface area contributed by atoms with Gasteiger partial charge in [-0.15, -0.1) is 0 Å². The highest BCUT2D eigenvalue weighted by atomic mass is 35.5. The zero-order valence-corrected chi connectivity index (χ0v) is 12.4. The molecule has 0 bridgehead atoms. The molecule has 1 saturated carbocycles. The molecule has 0 spiro atoms.